The maximum Gasteiger partial charge on any atom is 0.118 e. The molecule has 1 aliphatic rings. The van der Waals surface area contributed by atoms with E-state index in [0.717, 1.165) is 24.9 Å². The second kappa shape index (κ2) is 5.37. The van der Waals surface area contributed by atoms with Gasteiger partial charge in [-0.2, -0.15) is 0 Å². The molecule has 17 heavy (non-hydrogen) atoms. The van der Waals surface area contributed by atoms with E-state index >= 15 is 0 Å². The van der Waals surface area contributed by atoms with Crippen molar-refractivity contribution in [3.05, 3.63) is 42.0 Å². The molecule has 0 heterocycles. The molecule has 0 spiro atoms. The summed E-state index contributed by atoms with van der Waals surface area (Å²) in [5.41, 5.74) is 2.59. The van der Waals surface area contributed by atoms with Crippen LogP contribution < -0.4 is 4.74 Å². The lowest BCUT2D eigenvalue weighted by Gasteiger charge is -2.22. The van der Waals surface area contributed by atoms with Gasteiger partial charge in [0.05, 0.1) is 7.11 Å². The predicted molar refractivity (Wildman–Crippen MR) is 71.2 cm³/mol. The first kappa shape index (κ1) is 12.2. The molecular weight excluding hydrogens is 210 g/mol. The lowest BCUT2D eigenvalue weighted by atomic mass is 10.2. The third kappa shape index (κ3) is 3.60. The Hall–Kier alpha value is -1.28. The van der Waals surface area contributed by atoms with E-state index in [-0.39, 0.29) is 0 Å². The minimum absolute atomic E-state index is 0.772. The van der Waals surface area contributed by atoms with Gasteiger partial charge in [0.25, 0.3) is 0 Å². The van der Waals surface area contributed by atoms with Gasteiger partial charge in [-0.05, 0) is 37.5 Å². The molecule has 0 radical (unpaired) electrons. The van der Waals surface area contributed by atoms with Crippen LogP contribution in [0.4, 0.5) is 0 Å². The van der Waals surface area contributed by atoms with E-state index in [4.69, 9.17) is 4.74 Å². The molecule has 2 rings (SSSR count). The number of hydrogen-bond donors (Lipinski definition) is 0. The standard InChI is InChI=1S/C15H21NO/c1-12(2)10-16(14-6-7-14)11-13-4-8-15(17-3)9-5-13/h4-5,8-9,14H,1,6-7,10-11H2,2-3H3. The summed E-state index contributed by atoms with van der Waals surface area (Å²) in [5, 5.41) is 0. The predicted octanol–water partition coefficient (Wildman–Crippen LogP) is 3.24. The van der Waals surface area contributed by atoms with Gasteiger partial charge >= 0.3 is 0 Å². The van der Waals surface area contributed by atoms with Crippen molar-refractivity contribution in [1.29, 1.82) is 0 Å². The number of ether oxygens (including phenoxy) is 1. The fourth-order valence-electron chi connectivity index (χ4n) is 2.07. The lowest BCUT2D eigenvalue weighted by Crippen LogP contribution is -2.27. The third-order valence-electron chi connectivity index (χ3n) is 3.08. The maximum atomic E-state index is 5.17. The molecule has 1 fully saturated rings. The van der Waals surface area contributed by atoms with Crippen molar-refractivity contribution in [2.24, 2.45) is 0 Å². The fourth-order valence-corrected chi connectivity index (χ4v) is 2.07. The highest BCUT2D eigenvalue weighted by molar-refractivity contribution is 5.27. The van der Waals surface area contributed by atoms with Crippen molar-refractivity contribution < 1.29 is 4.74 Å². The zero-order valence-corrected chi connectivity index (χ0v) is 10.8. The molecule has 92 valence electrons. The molecule has 0 amide bonds. The average molecular weight is 231 g/mol. The molecule has 0 aromatic heterocycles. The number of hydrogen-bond acceptors (Lipinski definition) is 2. The van der Waals surface area contributed by atoms with Crippen LogP contribution in [0.2, 0.25) is 0 Å². The lowest BCUT2D eigenvalue weighted by molar-refractivity contribution is 0.277. The Kier molecular flexibility index (Phi) is 3.85. The Morgan fingerprint density at radius 2 is 2.00 bits per heavy atom. The van der Waals surface area contributed by atoms with E-state index in [9.17, 15) is 0 Å². The van der Waals surface area contributed by atoms with Gasteiger partial charge in [-0.15, -0.1) is 0 Å². The minimum atomic E-state index is 0.772. The largest absolute Gasteiger partial charge is 0.497 e. The Balaban J connectivity index is 1.98. The zero-order valence-electron chi connectivity index (χ0n) is 10.8. The highest BCUT2D eigenvalue weighted by Crippen LogP contribution is 2.29. The number of methoxy groups -OCH3 is 1. The highest BCUT2D eigenvalue weighted by atomic mass is 16.5. The Labute approximate surface area is 104 Å². The van der Waals surface area contributed by atoms with Gasteiger partial charge in [0.15, 0.2) is 0 Å². The SMILES string of the molecule is C=C(C)CN(Cc1ccc(OC)cc1)C1CC1. The summed E-state index contributed by atoms with van der Waals surface area (Å²) in [4.78, 5) is 2.52. The van der Waals surface area contributed by atoms with Crippen LogP contribution >= 0.6 is 0 Å². The maximum absolute atomic E-state index is 5.17. The van der Waals surface area contributed by atoms with Gasteiger partial charge < -0.3 is 4.74 Å². The van der Waals surface area contributed by atoms with Gasteiger partial charge in [-0.3, -0.25) is 4.90 Å². The van der Waals surface area contributed by atoms with E-state index in [2.05, 4.69) is 30.5 Å². The molecule has 0 atom stereocenters. The fraction of sp³-hybridized carbons (Fsp3) is 0.467. The van der Waals surface area contributed by atoms with Crippen LogP contribution in [-0.2, 0) is 6.54 Å². The summed E-state index contributed by atoms with van der Waals surface area (Å²) in [6, 6.07) is 9.12. The van der Waals surface area contributed by atoms with Crippen LogP contribution in [0.3, 0.4) is 0 Å². The van der Waals surface area contributed by atoms with Gasteiger partial charge in [-0.1, -0.05) is 24.3 Å². The first-order valence-electron chi connectivity index (χ1n) is 6.20. The van der Waals surface area contributed by atoms with Crippen molar-refractivity contribution >= 4 is 0 Å². The topological polar surface area (TPSA) is 12.5 Å². The summed E-state index contributed by atoms with van der Waals surface area (Å²) in [5.74, 6) is 0.923. The Bertz CT molecular complexity index is 378. The van der Waals surface area contributed by atoms with Gasteiger partial charge in [0.1, 0.15) is 5.75 Å². The molecule has 0 aliphatic heterocycles. The molecule has 1 aliphatic carbocycles. The molecule has 0 unspecified atom stereocenters. The summed E-state index contributed by atoms with van der Waals surface area (Å²) < 4.78 is 5.17. The summed E-state index contributed by atoms with van der Waals surface area (Å²) in [6.45, 7) is 8.14. The van der Waals surface area contributed by atoms with Crippen molar-refractivity contribution in [1.82, 2.24) is 4.90 Å². The molecule has 1 aromatic carbocycles. The average Bonchev–Trinajstić information content (AvgIpc) is 3.12. The van der Waals surface area contributed by atoms with Gasteiger partial charge in [0.2, 0.25) is 0 Å². The number of nitrogens with zero attached hydrogens (tertiary/aromatic N) is 1. The van der Waals surface area contributed by atoms with Crippen molar-refractivity contribution in [3.63, 3.8) is 0 Å². The monoisotopic (exact) mass is 231 g/mol. The van der Waals surface area contributed by atoms with Crippen LogP contribution in [0.25, 0.3) is 0 Å². The summed E-state index contributed by atoms with van der Waals surface area (Å²) in [6.07, 6.45) is 2.67. The van der Waals surface area contributed by atoms with Gasteiger partial charge in [-0.25, -0.2) is 0 Å². The van der Waals surface area contributed by atoms with Crippen LogP contribution in [0.5, 0.6) is 5.75 Å². The number of benzene rings is 1. The quantitative estimate of drug-likeness (QED) is 0.697. The van der Waals surface area contributed by atoms with E-state index in [1.807, 2.05) is 12.1 Å². The Morgan fingerprint density at radius 1 is 1.35 bits per heavy atom. The third-order valence-corrected chi connectivity index (χ3v) is 3.08. The summed E-state index contributed by atoms with van der Waals surface area (Å²) >= 11 is 0. The molecule has 1 aromatic rings. The molecule has 0 N–H and O–H groups in total. The van der Waals surface area contributed by atoms with Crippen LogP contribution in [0.15, 0.2) is 36.4 Å². The second-order valence-corrected chi connectivity index (χ2v) is 4.94. The highest BCUT2D eigenvalue weighted by Gasteiger charge is 2.28. The summed E-state index contributed by atoms with van der Waals surface area (Å²) in [7, 11) is 1.70. The van der Waals surface area contributed by atoms with E-state index in [0.29, 0.717) is 0 Å². The van der Waals surface area contributed by atoms with Crippen molar-refractivity contribution in [3.8, 4) is 5.75 Å². The molecule has 0 saturated heterocycles. The first-order chi connectivity index (χ1) is 8.19. The minimum Gasteiger partial charge on any atom is -0.497 e. The molecule has 2 heteroatoms. The van der Waals surface area contributed by atoms with Gasteiger partial charge in [0, 0.05) is 19.1 Å². The van der Waals surface area contributed by atoms with Crippen molar-refractivity contribution in [2.45, 2.75) is 32.4 Å². The van der Waals surface area contributed by atoms with Crippen LogP contribution in [0, 0.1) is 0 Å². The molecule has 2 nitrogen and oxygen atoms in total. The smallest absolute Gasteiger partial charge is 0.118 e. The van der Waals surface area contributed by atoms with E-state index in [1.165, 1.54) is 24.0 Å². The van der Waals surface area contributed by atoms with Crippen LogP contribution in [-0.4, -0.2) is 24.6 Å². The van der Waals surface area contributed by atoms with E-state index in [1.54, 1.807) is 7.11 Å². The second-order valence-electron chi connectivity index (χ2n) is 4.94. The zero-order chi connectivity index (χ0) is 12.3. The molecular formula is C15H21NO. The number of rotatable bonds is 6. The molecule has 0 bridgehead atoms. The first-order valence-corrected chi connectivity index (χ1v) is 6.20. The normalized spacial score (nSPS) is 15.0. The Morgan fingerprint density at radius 3 is 2.47 bits per heavy atom. The van der Waals surface area contributed by atoms with Crippen molar-refractivity contribution in [2.75, 3.05) is 13.7 Å². The van der Waals surface area contributed by atoms with Crippen LogP contribution in [0.1, 0.15) is 25.3 Å². The van der Waals surface area contributed by atoms with E-state index < -0.39 is 0 Å². The molecule has 1 saturated carbocycles.